The van der Waals surface area contributed by atoms with Crippen LogP contribution in [0.4, 0.5) is 0 Å². The van der Waals surface area contributed by atoms with Gasteiger partial charge in [-0.05, 0) is 43.2 Å². The third kappa shape index (κ3) is 3.06. The van der Waals surface area contributed by atoms with Crippen molar-refractivity contribution < 1.29 is 0 Å². The van der Waals surface area contributed by atoms with Crippen molar-refractivity contribution in [2.24, 2.45) is 5.73 Å². The zero-order chi connectivity index (χ0) is 11.4. The predicted molar refractivity (Wildman–Crippen MR) is 71.0 cm³/mol. The van der Waals surface area contributed by atoms with Crippen LogP contribution in [0.1, 0.15) is 36.1 Å². The Balaban J connectivity index is 1.73. The lowest BCUT2D eigenvalue weighted by Crippen LogP contribution is -2.47. The van der Waals surface area contributed by atoms with Crippen LogP contribution >= 0.6 is 11.3 Å². The first kappa shape index (κ1) is 12.1. The number of aryl methyl sites for hydroxylation is 1. The van der Waals surface area contributed by atoms with Crippen LogP contribution in [0.3, 0.4) is 0 Å². The Labute approximate surface area is 102 Å². The number of nitrogens with one attached hydrogen (secondary N) is 1. The molecule has 16 heavy (non-hydrogen) atoms. The molecule has 2 atom stereocenters. The molecule has 0 spiro atoms. The molecule has 1 heterocycles. The highest BCUT2D eigenvalue weighted by Crippen LogP contribution is 2.18. The van der Waals surface area contributed by atoms with Gasteiger partial charge in [0.1, 0.15) is 0 Å². The summed E-state index contributed by atoms with van der Waals surface area (Å²) in [5, 5.41) is 5.80. The quantitative estimate of drug-likeness (QED) is 0.845. The van der Waals surface area contributed by atoms with E-state index in [2.05, 4.69) is 23.7 Å². The van der Waals surface area contributed by atoms with Gasteiger partial charge in [0.05, 0.1) is 0 Å². The van der Waals surface area contributed by atoms with E-state index < -0.39 is 0 Å². The maximum absolute atomic E-state index is 6.11. The van der Waals surface area contributed by atoms with Crippen LogP contribution in [0.15, 0.2) is 11.4 Å². The second kappa shape index (κ2) is 5.80. The van der Waals surface area contributed by atoms with Crippen molar-refractivity contribution in [3.05, 3.63) is 21.9 Å². The minimum Gasteiger partial charge on any atom is -0.326 e. The molecular formula is C13H22N2S. The first-order valence-electron chi connectivity index (χ1n) is 6.29. The standard InChI is InChI=1S/C13H22N2S/c1-10-7-9-16-13(10)6-8-15-12-5-3-2-4-11(12)14/h7,9,11-12,15H,2-6,8,14H2,1H3. The summed E-state index contributed by atoms with van der Waals surface area (Å²) in [6.07, 6.45) is 6.24. The molecule has 0 aromatic carbocycles. The minimum atomic E-state index is 0.373. The third-order valence-corrected chi connectivity index (χ3v) is 4.63. The van der Waals surface area contributed by atoms with Crippen LogP contribution in [0.5, 0.6) is 0 Å². The normalized spacial score (nSPS) is 25.9. The van der Waals surface area contributed by atoms with Crippen molar-refractivity contribution >= 4 is 11.3 Å². The lowest BCUT2D eigenvalue weighted by atomic mass is 9.91. The fourth-order valence-electron chi connectivity index (χ4n) is 2.44. The topological polar surface area (TPSA) is 38.0 Å². The van der Waals surface area contributed by atoms with Crippen molar-refractivity contribution in [1.29, 1.82) is 0 Å². The van der Waals surface area contributed by atoms with Gasteiger partial charge in [-0.3, -0.25) is 0 Å². The number of rotatable bonds is 4. The van der Waals surface area contributed by atoms with E-state index in [0.717, 1.165) is 13.0 Å². The van der Waals surface area contributed by atoms with E-state index in [0.29, 0.717) is 12.1 Å². The summed E-state index contributed by atoms with van der Waals surface area (Å²) in [6, 6.07) is 3.12. The van der Waals surface area contributed by atoms with Gasteiger partial charge < -0.3 is 11.1 Å². The zero-order valence-electron chi connectivity index (χ0n) is 10.0. The Morgan fingerprint density at radius 2 is 2.25 bits per heavy atom. The Bertz CT molecular complexity index is 321. The predicted octanol–water partition coefficient (Wildman–Crippen LogP) is 2.46. The average Bonchev–Trinajstić information content (AvgIpc) is 2.67. The highest BCUT2D eigenvalue weighted by atomic mass is 32.1. The molecule has 0 aliphatic heterocycles. The van der Waals surface area contributed by atoms with Crippen LogP contribution in [0.2, 0.25) is 0 Å². The van der Waals surface area contributed by atoms with Crippen molar-refractivity contribution in [3.8, 4) is 0 Å². The van der Waals surface area contributed by atoms with E-state index in [4.69, 9.17) is 5.73 Å². The van der Waals surface area contributed by atoms with Crippen LogP contribution in [0, 0.1) is 6.92 Å². The SMILES string of the molecule is Cc1ccsc1CCNC1CCCCC1N. The molecule has 2 unspecified atom stereocenters. The van der Waals surface area contributed by atoms with Crippen LogP contribution in [-0.2, 0) is 6.42 Å². The Kier molecular flexibility index (Phi) is 4.38. The molecule has 0 radical (unpaired) electrons. The highest BCUT2D eigenvalue weighted by Gasteiger charge is 2.20. The monoisotopic (exact) mass is 238 g/mol. The van der Waals surface area contributed by atoms with E-state index in [1.807, 2.05) is 11.3 Å². The zero-order valence-corrected chi connectivity index (χ0v) is 10.9. The first-order valence-corrected chi connectivity index (χ1v) is 7.17. The van der Waals surface area contributed by atoms with Crippen LogP contribution in [-0.4, -0.2) is 18.6 Å². The maximum atomic E-state index is 6.11. The lowest BCUT2D eigenvalue weighted by molar-refractivity contribution is 0.330. The molecule has 1 aliphatic rings. The molecule has 90 valence electrons. The molecule has 3 heteroatoms. The summed E-state index contributed by atoms with van der Waals surface area (Å²) in [5.74, 6) is 0. The minimum absolute atomic E-state index is 0.373. The van der Waals surface area contributed by atoms with E-state index in [9.17, 15) is 0 Å². The van der Waals surface area contributed by atoms with E-state index in [-0.39, 0.29) is 0 Å². The van der Waals surface area contributed by atoms with E-state index >= 15 is 0 Å². The van der Waals surface area contributed by atoms with Crippen molar-refractivity contribution in [2.75, 3.05) is 6.54 Å². The Morgan fingerprint density at radius 1 is 1.44 bits per heavy atom. The fraction of sp³-hybridized carbons (Fsp3) is 0.692. The summed E-state index contributed by atoms with van der Waals surface area (Å²) in [5.41, 5.74) is 7.54. The number of hydrogen-bond acceptors (Lipinski definition) is 3. The molecule has 1 aromatic rings. The summed E-state index contributed by atoms with van der Waals surface area (Å²) in [4.78, 5) is 1.51. The van der Waals surface area contributed by atoms with Gasteiger partial charge in [-0.1, -0.05) is 12.8 Å². The molecule has 1 saturated carbocycles. The van der Waals surface area contributed by atoms with Crippen LogP contribution < -0.4 is 11.1 Å². The van der Waals surface area contributed by atoms with Gasteiger partial charge in [0.15, 0.2) is 0 Å². The molecule has 3 N–H and O–H groups in total. The summed E-state index contributed by atoms with van der Waals surface area (Å²) in [7, 11) is 0. The third-order valence-electron chi connectivity index (χ3n) is 3.55. The molecule has 1 aromatic heterocycles. The molecule has 1 aliphatic carbocycles. The number of hydrogen-bond donors (Lipinski definition) is 2. The smallest absolute Gasteiger partial charge is 0.0219 e. The fourth-order valence-corrected chi connectivity index (χ4v) is 3.35. The number of nitrogens with two attached hydrogens (primary N) is 1. The van der Waals surface area contributed by atoms with E-state index in [1.54, 1.807) is 0 Å². The molecule has 1 fully saturated rings. The van der Waals surface area contributed by atoms with Gasteiger partial charge in [-0.15, -0.1) is 11.3 Å². The van der Waals surface area contributed by atoms with Crippen molar-refractivity contribution in [1.82, 2.24) is 5.32 Å². The molecule has 2 nitrogen and oxygen atoms in total. The average molecular weight is 238 g/mol. The maximum Gasteiger partial charge on any atom is 0.0219 e. The molecule has 0 bridgehead atoms. The number of thiophene rings is 1. The highest BCUT2D eigenvalue weighted by molar-refractivity contribution is 7.10. The molecule has 2 rings (SSSR count). The van der Waals surface area contributed by atoms with Gasteiger partial charge in [-0.2, -0.15) is 0 Å². The second-order valence-corrected chi connectivity index (χ2v) is 5.79. The van der Waals surface area contributed by atoms with Crippen LogP contribution in [0.25, 0.3) is 0 Å². The largest absolute Gasteiger partial charge is 0.326 e. The molecule has 0 saturated heterocycles. The van der Waals surface area contributed by atoms with Gasteiger partial charge >= 0.3 is 0 Å². The molecule has 0 amide bonds. The van der Waals surface area contributed by atoms with E-state index in [1.165, 1.54) is 36.1 Å². The molecular weight excluding hydrogens is 216 g/mol. The lowest BCUT2D eigenvalue weighted by Gasteiger charge is -2.29. The van der Waals surface area contributed by atoms with Crippen molar-refractivity contribution in [3.63, 3.8) is 0 Å². The second-order valence-electron chi connectivity index (χ2n) is 4.79. The van der Waals surface area contributed by atoms with Gasteiger partial charge in [0.2, 0.25) is 0 Å². The Morgan fingerprint density at radius 3 is 2.94 bits per heavy atom. The van der Waals surface area contributed by atoms with Gasteiger partial charge in [0.25, 0.3) is 0 Å². The van der Waals surface area contributed by atoms with Crippen molar-refractivity contribution in [2.45, 2.75) is 51.1 Å². The first-order chi connectivity index (χ1) is 7.77. The summed E-state index contributed by atoms with van der Waals surface area (Å²) >= 11 is 1.87. The summed E-state index contributed by atoms with van der Waals surface area (Å²) < 4.78 is 0. The van der Waals surface area contributed by atoms with Gasteiger partial charge in [0, 0.05) is 23.5 Å². The summed E-state index contributed by atoms with van der Waals surface area (Å²) in [6.45, 7) is 3.26. The van der Waals surface area contributed by atoms with Gasteiger partial charge in [-0.25, -0.2) is 0 Å². The Hall–Kier alpha value is -0.380.